The highest BCUT2D eigenvalue weighted by Gasteiger charge is 2.14. The summed E-state index contributed by atoms with van der Waals surface area (Å²) < 4.78 is 1.97. The van der Waals surface area contributed by atoms with E-state index in [1.165, 1.54) is 6.42 Å². The number of anilines is 2. The minimum absolute atomic E-state index is 0.311. The van der Waals surface area contributed by atoms with Crippen LogP contribution in [0.4, 0.5) is 11.5 Å². The van der Waals surface area contributed by atoms with Crippen LogP contribution in [0.3, 0.4) is 0 Å². The molecule has 0 fully saturated rings. The van der Waals surface area contributed by atoms with Crippen LogP contribution in [0.25, 0.3) is 0 Å². The molecule has 0 aliphatic rings. The molecule has 0 spiro atoms. The lowest BCUT2D eigenvalue weighted by Crippen LogP contribution is -2.33. The molecule has 1 rings (SSSR count). The molecule has 0 bridgehead atoms. The molecular weight excluding hydrogens is 238 g/mol. The molecule has 0 saturated heterocycles. The Morgan fingerprint density at radius 1 is 1.37 bits per heavy atom. The minimum Gasteiger partial charge on any atom is -0.394 e. The van der Waals surface area contributed by atoms with Crippen LogP contribution in [0.5, 0.6) is 0 Å². The first-order valence-corrected chi connectivity index (χ1v) is 7.17. The summed E-state index contributed by atoms with van der Waals surface area (Å²) in [7, 11) is 2.16. The van der Waals surface area contributed by atoms with Crippen LogP contribution in [0.1, 0.15) is 45.9 Å². The van der Waals surface area contributed by atoms with Gasteiger partial charge in [0.2, 0.25) is 0 Å². The fourth-order valence-electron chi connectivity index (χ4n) is 1.99. The number of hydrogen-bond donors (Lipinski definition) is 2. The lowest BCUT2D eigenvalue weighted by Gasteiger charge is -2.24. The minimum atomic E-state index is 0.311. The largest absolute Gasteiger partial charge is 0.394 e. The molecular formula is C14H29N5. The Balaban J connectivity index is 2.63. The molecule has 5 heteroatoms. The number of aromatic nitrogens is 2. The zero-order chi connectivity index (χ0) is 14.6. The lowest BCUT2D eigenvalue weighted by atomic mass is 10.2. The maximum Gasteiger partial charge on any atom is 0.148 e. The third-order valence-corrected chi connectivity index (χ3v) is 3.72. The molecule has 0 saturated carbocycles. The fraction of sp³-hybridized carbons (Fsp3) is 0.786. The Morgan fingerprint density at radius 2 is 2.00 bits per heavy atom. The lowest BCUT2D eigenvalue weighted by molar-refractivity contribution is 0.261. The Kier molecular flexibility index (Phi) is 5.66. The molecule has 0 aliphatic heterocycles. The van der Waals surface area contributed by atoms with Crippen LogP contribution in [-0.2, 0) is 0 Å². The van der Waals surface area contributed by atoms with Crippen LogP contribution in [0.15, 0.2) is 0 Å². The van der Waals surface area contributed by atoms with Crippen molar-refractivity contribution < 1.29 is 0 Å². The van der Waals surface area contributed by atoms with E-state index >= 15 is 0 Å². The smallest absolute Gasteiger partial charge is 0.148 e. The predicted octanol–water partition coefficient (Wildman–Crippen LogP) is 2.50. The maximum atomic E-state index is 6.08. The average Bonchev–Trinajstić information content (AvgIpc) is 2.65. The number of nitrogens with zero attached hydrogens (tertiary/aromatic N) is 3. The molecule has 19 heavy (non-hydrogen) atoms. The zero-order valence-electron chi connectivity index (χ0n) is 13.2. The van der Waals surface area contributed by atoms with Crippen molar-refractivity contribution >= 4 is 11.5 Å². The molecule has 1 heterocycles. The van der Waals surface area contributed by atoms with E-state index in [1.807, 2.05) is 11.6 Å². The van der Waals surface area contributed by atoms with Crippen molar-refractivity contribution in [2.24, 2.45) is 0 Å². The zero-order valence-corrected chi connectivity index (χ0v) is 13.2. The molecule has 110 valence electrons. The SMILES string of the molecule is CCC(C)N(C)CCNc1c(N)c(C)nn1C(C)C. The third kappa shape index (κ3) is 3.86. The second-order valence-corrected chi connectivity index (χ2v) is 5.55. The predicted molar refractivity (Wildman–Crippen MR) is 82.6 cm³/mol. The highest BCUT2D eigenvalue weighted by Crippen LogP contribution is 2.25. The van der Waals surface area contributed by atoms with Gasteiger partial charge < -0.3 is 16.0 Å². The summed E-state index contributed by atoms with van der Waals surface area (Å²) in [5.41, 5.74) is 7.74. The topological polar surface area (TPSA) is 59.1 Å². The number of nitrogens with one attached hydrogen (secondary N) is 1. The van der Waals surface area contributed by atoms with Gasteiger partial charge in [-0.05, 0) is 41.2 Å². The van der Waals surface area contributed by atoms with Crippen molar-refractivity contribution in [2.45, 2.75) is 53.1 Å². The van der Waals surface area contributed by atoms with Crippen molar-refractivity contribution in [3.8, 4) is 0 Å². The molecule has 1 atom stereocenters. The molecule has 5 nitrogen and oxygen atoms in total. The first kappa shape index (κ1) is 15.8. The van der Waals surface area contributed by atoms with E-state index in [1.54, 1.807) is 0 Å². The summed E-state index contributed by atoms with van der Waals surface area (Å²) in [6, 6.07) is 0.918. The van der Waals surface area contributed by atoms with Crippen molar-refractivity contribution in [2.75, 3.05) is 31.2 Å². The molecule has 3 N–H and O–H groups in total. The van der Waals surface area contributed by atoms with Crippen molar-refractivity contribution in [3.63, 3.8) is 0 Å². The quantitative estimate of drug-likeness (QED) is 0.797. The molecule has 0 radical (unpaired) electrons. The van der Waals surface area contributed by atoms with Gasteiger partial charge in [-0.1, -0.05) is 6.92 Å². The first-order chi connectivity index (χ1) is 8.88. The van der Waals surface area contributed by atoms with Crippen LogP contribution >= 0.6 is 0 Å². The van der Waals surface area contributed by atoms with E-state index in [4.69, 9.17) is 5.73 Å². The number of nitrogen functional groups attached to an aromatic ring is 1. The van der Waals surface area contributed by atoms with E-state index in [0.29, 0.717) is 12.1 Å². The van der Waals surface area contributed by atoms with Gasteiger partial charge >= 0.3 is 0 Å². The van der Waals surface area contributed by atoms with Gasteiger partial charge in [0.25, 0.3) is 0 Å². The van der Waals surface area contributed by atoms with Gasteiger partial charge in [-0.25, -0.2) is 4.68 Å². The van der Waals surface area contributed by atoms with E-state index in [9.17, 15) is 0 Å². The number of rotatable bonds is 7. The average molecular weight is 267 g/mol. The second kappa shape index (κ2) is 6.80. The van der Waals surface area contributed by atoms with E-state index in [-0.39, 0.29) is 0 Å². The molecule has 1 aromatic rings. The van der Waals surface area contributed by atoms with E-state index in [2.05, 4.69) is 50.1 Å². The molecule has 0 aromatic carbocycles. The number of nitrogens with two attached hydrogens (primary N) is 1. The third-order valence-electron chi connectivity index (χ3n) is 3.72. The van der Waals surface area contributed by atoms with Crippen LogP contribution in [-0.4, -0.2) is 40.9 Å². The van der Waals surface area contributed by atoms with Gasteiger partial charge in [0.1, 0.15) is 5.82 Å². The van der Waals surface area contributed by atoms with Gasteiger partial charge in [0.05, 0.1) is 11.4 Å². The molecule has 1 unspecified atom stereocenters. The Hall–Kier alpha value is -1.23. The van der Waals surface area contributed by atoms with Crippen molar-refractivity contribution in [3.05, 3.63) is 5.69 Å². The Bertz CT molecular complexity index is 397. The number of hydrogen-bond acceptors (Lipinski definition) is 4. The fourth-order valence-corrected chi connectivity index (χ4v) is 1.99. The normalized spacial score (nSPS) is 13.3. The van der Waals surface area contributed by atoms with Gasteiger partial charge in [-0.3, -0.25) is 0 Å². The summed E-state index contributed by atoms with van der Waals surface area (Å²) in [6.45, 7) is 12.5. The summed E-state index contributed by atoms with van der Waals surface area (Å²) in [6.07, 6.45) is 1.17. The highest BCUT2D eigenvalue weighted by atomic mass is 15.4. The van der Waals surface area contributed by atoms with Crippen LogP contribution in [0, 0.1) is 6.92 Å². The van der Waals surface area contributed by atoms with Crippen molar-refractivity contribution in [1.29, 1.82) is 0 Å². The monoisotopic (exact) mass is 267 g/mol. The van der Waals surface area contributed by atoms with Gasteiger partial charge in [-0.15, -0.1) is 0 Å². The molecule has 1 aromatic heterocycles. The second-order valence-electron chi connectivity index (χ2n) is 5.55. The summed E-state index contributed by atoms with van der Waals surface area (Å²) in [4.78, 5) is 2.35. The summed E-state index contributed by atoms with van der Waals surface area (Å²) in [5, 5.41) is 7.90. The molecule has 0 amide bonds. The van der Waals surface area contributed by atoms with Gasteiger partial charge in [-0.2, -0.15) is 5.10 Å². The van der Waals surface area contributed by atoms with Crippen LogP contribution < -0.4 is 11.1 Å². The number of likely N-dealkylation sites (N-methyl/N-ethyl adjacent to an activating group) is 1. The number of aryl methyl sites for hydroxylation is 1. The molecule has 0 aliphatic carbocycles. The van der Waals surface area contributed by atoms with Gasteiger partial charge in [0.15, 0.2) is 0 Å². The Labute approximate surface area is 117 Å². The summed E-state index contributed by atoms with van der Waals surface area (Å²) >= 11 is 0. The van der Waals surface area contributed by atoms with E-state index < -0.39 is 0 Å². The van der Waals surface area contributed by atoms with E-state index in [0.717, 1.165) is 30.3 Å². The highest BCUT2D eigenvalue weighted by molar-refractivity contribution is 5.64. The summed E-state index contributed by atoms with van der Waals surface area (Å²) in [5.74, 6) is 0.949. The van der Waals surface area contributed by atoms with Gasteiger partial charge in [0, 0.05) is 25.2 Å². The first-order valence-electron chi connectivity index (χ1n) is 7.17. The maximum absolute atomic E-state index is 6.08. The standard InChI is InChI=1S/C14H29N5/c1-7-11(4)18(6)9-8-16-14-13(15)12(5)17-19(14)10(2)3/h10-11,16H,7-9,15H2,1-6H3. The van der Waals surface area contributed by atoms with Crippen molar-refractivity contribution in [1.82, 2.24) is 14.7 Å². The van der Waals surface area contributed by atoms with Crippen LogP contribution in [0.2, 0.25) is 0 Å². The Morgan fingerprint density at radius 3 is 2.53 bits per heavy atom.